The Kier molecular flexibility index (Phi) is 5.11. The summed E-state index contributed by atoms with van der Waals surface area (Å²) in [6.45, 7) is 0.252. The van der Waals surface area contributed by atoms with Gasteiger partial charge in [0.25, 0.3) is 5.91 Å². The lowest BCUT2D eigenvalue weighted by Gasteiger charge is -2.35. The number of methoxy groups -OCH3 is 1. The van der Waals surface area contributed by atoms with Crippen LogP contribution in [0.5, 0.6) is 0 Å². The lowest BCUT2D eigenvalue weighted by atomic mass is 9.99. The third-order valence-electron chi connectivity index (χ3n) is 4.27. The van der Waals surface area contributed by atoms with Gasteiger partial charge in [-0.05, 0) is 30.7 Å². The van der Waals surface area contributed by atoms with E-state index in [1.54, 1.807) is 30.3 Å². The van der Waals surface area contributed by atoms with Crippen LogP contribution in [0.25, 0.3) is 11.3 Å². The molecule has 0 spiro atoms. The highest BCUT2D eigenvalue weighted by atomic mass is 35.5. The number of nitrogens with zero attached hydrogens (tertiary/aromatic N) is 1. The summed E-state index contributed by atoms with van der Waals surface area (Å²) in [6.07, 6.45) is -0.0863. The molecule has 2 aromatic rings. The van der Waals surface area contributed by atoms with Crippen LogP contribution in [0.2, 0.25) is 5.02 Å². The van der Waals surface area contributed by atoms with Crippen LogP contribution in [0.4, 0.5) is 0 Å². The summed E-state index contributed by atoms with van der Waals surface area (Å²) in [4.78, 5) is 26.1. The molecule has 1 aliphatic heterocycles. The van der Waals surface area contributed by atoms with Crippen LogP contribution in [0.15, 0.2) is 40.8 Å². The molecular formula is C18H18ClNO5. The van der Waals surface area contributed by atoms with E-state index in [0.29, 0.717) is 22.8 Å². The Morgan fingerprint density at radius 1 is 1.28 bits per heavy atom. The Hall–Kier alpha value is -2.31. The number of rotatable bonds is 3. The lowest BCUT2D eigenvalue weighted by Crippen LogP contribution is -2.51. The standard InChI is InChI=1S/C18H18ClNO5/c1-24-18(23)14-10-11(21)8-9-20(14)17(22)16-7-6-15(25-16)12-4-2-3-5-13(12)19/h2-7,11,14,21H,8-10H2,1H3/t11-,14+/m0/s1. The van der Waals surface area contributed by atoms with Crippen LogP contribution in [-0.2, 0) is 9.53 Å². The zero-order valence-electron chi connectivity index (χ0n) is 13.6. The van der Waals surface area contributed by atoms with Crippen molar-refractivity contribution in [3.8, 4) is 11.3 Å². The Bertz CT molecular complexity index is 787. The summed E-state index contributed by atoms with van der Waals surface area (Å²) in [5.74, 6) is -0.383. The van der Waals surface area contributed by atoms with Crippen LogP contribution < -0.4 is 0 Å². The molecule has 7 heteroatoms. The molecule has 1 amide bonds. The molecule has 1 aromatic carbocycles. The molecule has 25 heavy (non-hydrogen) atoms. The number of hydrogen-bond acceptors (Lipinski definition) is 5. The molecule has 0 aliphatic carbocycles. The molecule has 2 atom stereocenters. The maximum Gasteiger partial charge on any atom is 0.328 e. The second kappa shape index (κ2) is 7.29. The van der Waals surface area contributed by atoms with Gasteiger partial charge in [-0.1, -0.05) is 23.7 Å². The summed E-state index contributed by atoms with van der Waals surface area (Å²) in [7, 11) is 1.26. The second-order valence-electron chi connectivity index (χ2n) is 5.86. The number of aliphatic hydroxyl groups is 1. The number of carbonyl (C=O) groups is 2. The first kappa shape index (κ1) is 17.5. The first-order valence-corrected chi connectivity index (χ1v) is 8.30. The van der Waals surface area contributed by atoms with E-state index in [-0.39, 0.29) is 18.7 Å². The van der Waals surface area contributed by atoms with Gasteiger partial charge < -0.3 is 19.2 Å². The molecule has 0 bridgehead atoms. The molecule has 2 heterocycles. The summed E-state index contributed by atoms with van der Waals surface area (Å²) in [5.41, 5.74) is 0.682. The highest BCUT2D eigenvalue weighted by Crippen LogP contribution is 2.30. The Labute approximate surface area is 149 Å². The number of esters is 1. The van der Waals surface area contributed by atoms with Gasteiger partial charge in [-0.15, -0.1) is 0 Å². The SMILES string of the molecule is COC(=O)[C@H]1C[C@@H](O)CCN1C(=O)c1ccc(-c2ccccc2Cl)o1. The van der Waals surface area contributed by atoms with Gasteiger partial charge in [0, 0.05) is 18.5 Å². The minimum Gasteiger partial charge on any atom is -0.467 e. The highest BCUT2D eigenvalue weighted by molar-refractivity contribution is 6.33. The second-order valence-corrected chi connectivity index (χ2v) is 6.27. The number of likely N-dealkylation sites (tertiary alicyclic amines) is 1. The summed E-state index contributed by atoms with van der Waals surface area (Å²) >= 11 is 6.15. The Morgan fingerprint density at radius 3 is 2.76 bits per heavy atom. The fourth-order valence-electron chi connectivity index (χ4n) is 2.95. The summed E-state index contributed by atoms with van der Waals surface area (Å²) in [6, 6.07) is 9.56. The van der Waals surface area contributed by atoms with Gasteiger partial charge >= 0.3 is 5.97 Å². The zero-order chi connectivity index (χ0) is 18.0. The molecule has 132 valence electrons. The third kappa shape index (κ3) is 3.55. The maximum atomic E-state index is 12.8. The number of halogens is 1. The normalized spacial score (nSPS) is 20.4. The smallest absolute Gasteiger partial charge is 0.328 e. The van der Waals surface area contributed by atoms with Crippen LogP contribution in [0.1, 0.15) is 23.4 Å². The highest BCUT2D eigenvalue weighted by Gasteiger charge is 2.37. The fraction of sp³-hybridized carbons (Fsp3) is 0.333. The predicted molar refractivity (Wildman–Crippen MR) is 91.2 cm³/mol. The molecule has 1 aromatic heterocycles. The van der Waals surface area contributed by atoms with Crippen molar-refractivity contribution in [3.05, 3.63) is 47.2 Å². The van der Waals surface area contributed by atoms with Crippen LogP contribution in [-0.4, -0.2) is 47.7 Å². The van der Waals surface area contributed by atoms with Gasteiger partial charge in [0.2, 0.25) is 0 Å². The fourth-order valence-corrected chi connectivity index (χ4v) is 3.18. The maximum absolute atomic E-state index is 12.8. The molecule has 1 aliphatic rings. The topological polar surface area (TPSA) is 80.0 Å². The zero-order valence-corrected chi connectivity index (χ0v) is 14.4. The average molecular weight is 364 g/mol. The van der Waals surface area contributed by atoms with Crippen molar-refractivity contribution in [3.63, 3.8) is 0 Å². The molecule has 0 unspecified atom stereocenters. The minimum atomic E-state index is -0.824. The van der Waals surface area contributed by atoms with E-state index in [2.05, 4.69) is 0 Å². The van der Waals surface area contributed by atoms with Gasteiger partial charge in [-0.25, -0.2) is 4.79 Å². The molecule has 0 radical (unpaired) electrons. The average Bonchev–Trinajstić information content (AvgIpc) is 3.10. The lowest BCUT2D eigenvalue weighted by molar-refractivity contribution is -0.148. The van der Waals surface area contributed by atoms with E-state index in [9.17, 15) is 14.7 Å². The van der Waals surface area contributed by atoms with E-state index in [1.807, 2.05) is 6.07 Å². The third-order valence-corrected chi connectivity index (χ3v) is 4.59. The van der Waals surface area contributed by atoms with Crippen molar-refractivity contribution in [1.82, 2.24) is 4.90 Å². The van der Waals surface area contributed by atoms with Gasteiger partial charge in [-0.2, -0.15) is 0 Å². The molecule has 1 N–H and O–H groups in total. The molecular weight excluding hydrogens is 346 g/mol. The largest absolute Gasteiger partial charge is 0.467 e. The first-order valence-electron chi connectivity index (χ1n) is 7.93. The minimum absolute atomic E-state index is 0.111. The van der Waals surface area contributed by atoms with Crippen molar-refractivity contribution < 1.29 is 23.8 Å². The monoisotopic (exact) mass is 363 g/mol. The first-order chi connectivity index (χ1) is 12.0. The van der Waals surface area contributed by atoms with E-state index in [0.717, 1.165) is 0 Å². The Morgan fingerprint density at radius 2 is 2.04 bits per heavy atom. The van der Waals surface area contributed by atoms with Crippen LogP contribution >= 0.6 is 11.6 Å². The van der Waals surface area contributed by atoms with Crippen molar-refractivity contribution in [2.24, 2.45) is 0 Å². The number of hydrogen-bond donors (Lipinski definition) is 1. The molecule has 1 saturated heterocycles. The Balaban J connectivity index is 1.85. The molecule has 0 saturated carbocycles. The summed E-state index contributed by atoms with van der Waals surface area (Å²) in [5, 5.41) is 10.3. The number of ether oxygens (including phenoxy) is 1. The van der Waals surface area contributed by atoms with Crippen molar-refractivity contribution >= 4 is 23.5 Å². The van der Waals surface area contributed by atoms with Crippen molar-refractivity contribution in [2.45, 2.75) is 25.0 Å². The quantitative estimate of drug-likeness (QED) is 0.848. The van der Waals surface area contributed by atoms with E-state index in [1.165, 1.54) is 12.0 Å². The van der Waals surface area contributed by atoms with Gasteiger partial charge in [0.15, 0.2) is 5.76 Å². The van der Waals surface area contributed by atoms with Crippen molar-refractivity contribution in [2.75, 3.05) is 13.7 Å². The van der Waals surface area contributed by atoms with E-state index in [4.69, 9.17) is 20.8 Å². The van der Waals surface area contributed by atoms with Gasteiger partial charge in [0.1, 0.15) is 11.8 Å². The number of benzene rings is 1. The van der Waals surface area contributed by atoms with Gasteiger partial charge in [-0.3, -0.25) is 4.79 Å². The number of furan rings is 1. The summed E-state index contributed by atoms with van der Waals surface area (Å²) < 4.78 is 10.4. The molecule has 6 nitrogen and oxygen atoms in total. The number of amides is 1. The predicted octanol–water partition coefficient (Wildman–Crippen LogP) is 2.74. The van der Waals surface area contributed by atoms with Crippen LogP contribution in [0.3, 0.4) is 0 Å². The number of carbonyl (C=O) groups excluding carboxylic acids is 2. The van der Waals surface area contributed by atoms with Crippen LogP contribution in [0, 0.1) is 0 Å². The van der Waals surface area contributed by atoms with Gasteiger partial charge in [0.05, 0.1) is 18.2 Å². The number of piperidine rings is 1. The van der Waals surface area contributed by atoms with E-state index < -0.39 is 24.0 Å². The van der Waals surface area contributed by atoms with Crippen molar-refractivity contribution in [1.29, 1.82) is 0 Å². The number of aliphatic hydroxyl groups excluding tert-OH is 1. The molecule has 3 rings (SSSR count). The van der Waals surface area contributed by atoms with E-state index >= 15 is 0 Å². The molecule has 1 fully saturated rings.